The van der Waals surface area contributed by atoms with E-state index in [0.29, 0.717) is 42.1 Å². The summed E-state index contributed by atoms with van der Waals surface area (Å²) in [6.45, 7) is 10.6. The van der Waals surface area contributed by atoms with Crippen molar-refractivity contribution in [2.24, 2.45) is 45.4 Å². The van der Waals surface area contributed by atoms with Gasteiger partial charge in [0.05, 0.1) is 5.71 Å². The maximum atomic E-state index is 12.6. The molecule has 150 valence electrons. The van der Waals surface area contributed by atoms with Crippen molar-refractivity contribution < 1.29 is 9.63 Å². The van der Waals surface area contributed by atoms with Crippen molar-refractivity contribution in [1.29, 1.82) is 0 Å². The predicted molar refractivity (Wildman–Crippen MR) is 108 cm³/mol. The number of allylic oxidation sites excluding steroid dienone is 1. The van der Waals surface area contributed by atoms with Crippen LogP contribution in [0.3, 0.4) is 0 Å². The van der Waals surface area contributed by atoms with Crippen LogP contribution in [0, 0.1) is 34.5 Å². The third-order valence-electron chi connectivity index (χ3n) is 8.81. The zero-order chi connectivity index (χ0) is 19.2. The fraction of sp³-hybridized carbons (Fsp3) is 0.826. The Morgan fingerprint density at radius 2 is 2.00 bits per heavy atom. The van der Waals surface area contributed by atoms with E-state index in [9.17, 15) is 4.79 Å². The molecular formula is C23H36N2O2. The molecule has 4 nitrogen and oxygen atoms in total. The molecule has 0 saturated heterocycles. The van der Waals surface area contributed by atoms with Gasteiger partial charge in [0.15, 0.2) is 0 Å². The third kappa shape index (κ3) is 2.99. The van der Waals surface area contributed by atoms with Crippen molar-refractivity contribution in [3.05, 3.63) is 12.2 Å². The fourth-order valence-electron chi connectivity index (χ4n) is 7.19. The first-order chi connectivity index (χ1) is 12.9. The molecule has 0 aromatic heterocycles. The van der Waals surface area contributed by atoms with Crippen LogP contribution in [0.1, 0.15) is 71.6 Å². The molecule has 0 heterocycles. The Balaban J connectivity index is 1.52. The first-order valence-corrected chi connectivity index (χ1v) is 11.0. The van der Waals surface area contributed by atoms with E-state index in [1.54, 1.807) is 0 Å². The van der Waals surface area contributed by atoms with Gasteiger partial charge in [-0.2, -0.15) is 0 Å². The van der Waals surface area contributed by atoms with E-state index >= 15 is 0 Å². The van der Waals surface area contributed by atoms with E-state index in [1.165, 1.54) is 24.1 Å². The highest BCUT2D eigenvalue weighted by atomic mass is 16.6. The molecule has 0 aliphatic heterocycles. The summed E-state index contributed by atoms with van der Waals surface area (Å²) in [4.78, 5) is 18.1. The van der Waals surface area contributed by atoms with Crippen LogP contribution in [0.5, 0.6) is 0 Å². The van der Waals surface area contributed by atoms with Crippen molar-refractivity contribution in [2.75, 3.05) is 13.2 Å². The monoisotopic (exact) mass is 372 g/mol. The number of fused-ring (bicyclic) bond motifs is 5. The Hall–Kier alpha value is -1.16. The molecule has 4 fully saturated rings. The molecule has 4 aliphatic carbocycles. The van der Waals surface area contributed by atoms with E-state index in [-0.39, 0.29) is 5.41 Å². The largest absolute Gasteiger partial charge is 0.396 e. The zero-order valence-electron chi connectivity index (χ0n) is 17.1. The molecule has 4 heteroatoms. The smallest absolute Gasteiger partial charge is 0.139 e. The van der Waals surface area contributed by atoms with Gasteiger partial charge in [-0.05, 0) is 87.0 Å². The van der Waals surface area contributed by atoms with Crippen LogP contribution >= 0.6 is 0 Å². The van der Waals surface area contributed by atoms with Crippen LogP contribution in [0.2, 0.25) is 0 Å². The number of hydrogen-bond acceptors (Lipinski definition) is 4. The van der Waals surface area contributed by atoms with Gasteiger partial charge in [-0.15, -0.1) is 0 Å². The van der Waals surface area contributed by atoms with Crippen molar-refractivity contribution >= 4 is 11.5 Å². The average Bonchev–Trinajstić information content (AvgIpc) is 2.95. The molecule has 0 amide bonds. The summed E-state index contributed by atoms with van der Waals surface area (Å²) in [5, 5.41) is 4.43. The number of Topliss-reactive ketones (excluding diaryl/α,β-unsaturated/α-hetero) is 1. The normalized spacial score (nSPS) is 45.4. The summed E-state index contributed by atoms with van der Waals surface area (Å²) in [6.07, 6.45) is 9.38. The summed E-state index contributed by atoms with van der Waals surface area (Å²) in [5.41, 5.74) is 8.38. The standard InChI is InChI=1S/C23H36N2O2/c1-15-13-17-18-5-6-21(26)23(18,3)10-8-19(17)22(2)9-7-16(14-20(15)22)25-27-12-4-11-24/h17-20H,1,4-14,24H2,2-3H3/t17-,18-,19+,20?,22+,23-/m0/s1. The first kappa shape index (κ1) is 19.2. The van der Waals surface area contributed by atoms with Crippen LogP contribution in [0.4, 0.5) is 0 Å². The van der Waals surface area contributed by atoms with Crippen LogP contribution in [0.15, 0.2) is 17.3 Å². The van der Waals surface area contributed by atoms with Crippen LogP contribution in [-0.2, 0) is 9.63 Å². The Morgan fingerprint density at radius 1 is 1.19 bits per heavy atom. The van der Waals surface area contributed by atoms with Gasteiger partial charge in [-0.1, -0.05) is 31.2 Å². The molecule has 0 bridgehead atoms. The lowest BCUT2D eigenvalue weighted by molar-refractivity contribution is -0.134. The second-order valence-corrected chi connectivity index (χ2v) is 10.1. The Bertz CT molecular complexity index is 657. The van der Waals surface area contributed by atoms with Crippen molar-refractivity contribution in [2.45, 2.75) is 71.6 Å². The molecule has 4 aliphatic rings. The number of ketones is 1. The van der Waals surface area contributed by atoms with Gasteiger partial charge in [-0.25, -0.2) is 0 Å². The molecule has 1 unspecified atom stereocenters. The summed E-state index contributed by atoms with van der Waals surface area (Å²) >= 11 is 0. The molecule has 0 spiro atoms. The quantitative estimate of drug-likeness (QED) is 0.449. The maximum absolute atomic E-state index is 12.6. The minimum atomic E-state index is -0.0528. The van der Waals surface area contributed by atoms with E-state index in [0.717, 1.165) is 50.9 Å². The highest BCUT2D eigenvalue weighted by Crippen LogP contribution is 2.66. The van der Waals surface area contributed by atoms with E-state index < -0.39 is 0 Å². The Kier molecular flexibility index (Phi) is 4.99. The Morgan fingerprint density at radius 3 is 2.78 bits per heavy atom. The van der Waals surface area contributed by atoms with Crippen molar-refractivity contribution in [3.8, 4) is 0 Å². The summed E-state index contributed by atoms with van der Waals surface area (Å²) in [5.74, 6) is 3.01. The number of nitrogens with zero attached hydrogens (tertiary/aromatic N) is 1. The molecule has 0 aromatic carbocycles. The van der Waals surface area contributed by atoms with Gasteiger partial charge in [0.1, 0.15) is 12.4 Å². The van der Waals surface area contributed by atoms with Crippen LogP contribution in [0.25, 0.3) is 0 Å². The average molecular weight is 373 g/mol. The van der Waals surface area contributed by atoms with Crippen LogP contribution < -0.4 is 5.73 Å². The van der Waals surface area contributed by atoms with Crippen molar-refractivity contribution in [1.82, 2.24) is 0 Å². The Labute approximate surface area is 164 Å². The summed E-state index contributed by atoms with van der Waals surface area (Å²) in [7, 11) is 0. The highest BCUT2D eigenvalue weighted by Gasteiger charge is 2.60. The molecular weight excluding hydrogens is 336 g/mol. The molecule has 4 saturated carbocycles. The molecule has 4 rings (SSSR count). The summed E-state index contributed by atoms with van der Waals surface area (Å²) in [6, 6.07) is 0. The van der Waals surface area contributed by atoms with Gasteiger partial charge in [0.25, 0.3) is 0 Å². The lowest BCUT2D eigenvalue weighted by Gasteiger charge is -2.60. The fourth-order valence-corrected chi connectivity index (χ4v) is 7.19. The second-order valence-electron chi connectivity index (χ2n) is 10.1. The lowest BCUT2D eigenvalue weighted by Crippen LogP contribution is -2.54. The van der Waals surface area contributed by atoms with Crippen LogP contribution in [-0.4, -0.2) is 24.6 Å². The highest BCUT2D eigenvalue weighted by molar-refractivity contribution is 5.87. The number of rotatable bonds is 4. The molecule has 0 radical (unpaired) electrons. The van der Waals surface area contributed by atoms with Crippen molar-refractivity contribution in [3.63, 3.8) is 0 Å². The van der Waals surface area contributed by atoms with E-state index in [1.807, 2.05) is 0 Å². The lowest BCUT2D eigenvalue weighted by atomic mass is 9.44. The maximum Gasteiger partial charge on any atom is 0.139 e. The number of carbonyl (C=O) groups is 1. The predicted octanol–water partition coefficient (Wildman–Crippen LogP) is 4.49. The third-order valence-corrected chi connectivity index (χ3v) is 8.81. The molecule has 0 aromatic rings. The minimum Gasteiger partial charge on any atom is -0.396 e. The van der Waals surface area contributed by atoms with Gasteiger partial charge >= 0.3 is 0 Å². The van der Waals surface area contributed by atoms with E-state index in [4.69, 9.17) is 10.6 Å². The van der Waals surface area contributed by atoms with Gasteiger partial charge in [0.2, 0.25) is 0 Å². The van der Waals surface area contributed by atoms with Gasteiger partial charge in [0, 0.05) is 11.8 Å². The summed E-state index contributed by atoms with van der Waals surface area (Å²) < 4.78 is 0. The number of nitrogens with two attached hydrogens (primary N) is 1. The van der Waals surface area contributed by atoms with Gasteiger partial charge < -0.3 is 10.6 Å². The first-order valence-electron chi connectivity index (χ1n) is 11.0. The number of hydrogen-bond donors (Lipinski definition) is 1. The number of oxime groups is 1. The SMILES string of the molecule is C=C1C[C@@H]2[C@@H](CC[C@]3(C)C(=O)CC[C@@H]23)[C@@]2(C)CCC(=NOCCCN)CC12. The molecule has 27 heavy (non-hydrogen) atoms. The van der Waals surface area contributed by atoms with E-state index in [2.05, 4.69) is 25.6 Å². The molecule has 2 N–H and O–H groups in total. The number of carbonyl (C=O) groups excluding carboxylic acids is 1. The second kappa shape index (κ2) is 7.02. The topological polar surface area (TPSA) is 64.7 Å². The zero-order valence-corrected chi connectivity index (χ0v) is 17.1. The minimum absolute atomic E-state index is 0.0528. The van der Waals surface area contributed by atoms with Gasteiger partial charge in [-0.3, -0.25) is 4.79 Å². The molecule has 6 atom stereocenters.